The molecule has 0 saturated carbocycles. The molecular formula is C8H16N2OS. The summed E-state index contributed by atoms with van der Waals surface area (Å²) >= 11 is 1.93. The van der Waals surface area contributed by atoms with Gasteiger partial charge < -0.3 is 10.6 Å². The van der Waals surface area contributed by atoms with E-state index < -0.39 is 0 Å². The monoisotopic (exact) mass is 188 g/mol. The van der Waals surface area contributed by atoms with E-state index in [9.17, 15) is 4.79 Å². The molecule has 1 aliphatic rings. The first-order valence-corrected chi connectivity index (χ1v) is 5.55. The van der Waals surface area contributed by atoms with Crippen molar-refractivity contribution in [3.05, 3.63) is 0 Å². The number of nitrogens with zero attached hydrogens (tertiary/aromatic N) is 1. The highest BCUT2D eigenvalue weighted by Crippen LogP contribution is 2.10. The molecule has 0 atom stereocenters. The highest BCUT2D eigenvalue weighted by atomic mass is 32.2. The third-order valence-corrected chi connectivity index (χ3v) is 2.98. The lowest BCUT2D eigenvalue weighted by atomic mass is 10.3. The van der Waals surface area contributed by atoms with Gasteiger partial charge in [0.25, 0.3) is 0 Å². The van der Waals surface area contributed by atoms with Crippen molar-refractivity contribution in [3.8, 4) is 0 Å². The second-order valence-electron chi connectivity index (χ2n) is 2.89. The molecule has 0 aromatic rings. The van der Waals surface area contributed by atoms with Gasteiger partial charge >= 0.3 is 0 Å². The van der Waals surface area contributed by atoms with Crippen LogP contribution in [0.1, 0.15) is 12.8 Å². The van der Waals surface area contributed by atoms with Gasteiger partial charge in [0.2, 0.25) is 5.91 Å². The van der Waals surface area contributed by atoms with Gasteiger partial charge in [-0.2, -0.15) is 11.8 Å². The van der Waals surface area contributed by atoms with Gasteiger partial charge in [0.05, 0.1) is 0 Å². The third-order valence-electron chi connectivity index (χ3n) is 1.93. The summed E-state index contributed by atoms with van der Waals surface area (Å²) in [4.78, 5) is 13.3. The molecule has 2 N–H and O–H groups in total. The van der Waals surface area contributed by atoms with Crippen molar-refractivity contribution in [1.29, 1.82) is 0 Å². The molecule has 1 saturated heterocycles. The molecule has 0 aromatic carbocycles. The van der Waals surface area contributed by atoms with E-state index in [1.807, 2.05) is 16.7 Å². The summed E-state index contributed by atoms with van der Waals surface area (Å²) in [6, 6.07) is 0. The van der Waals surface area contributed by atoms with Crippen molar-refractivity contribution in [2.45, 2.75) is 12.8 Å². The van der Waals surface area contributed by atoms with Crippen LogP contribution in [0.5, 0.6) is 0 Å². The van der Waals surface area contributed by atoms with E-state index in [1.165, 1.54) is 5.75 Å². The molecule has 0 radical (unpaired) electrons. The van der Waals surface area contributed by atoms with Gasteiger partial charge in [-0.15, -0.1) is 0 Å². The smallest absolute Gasteiger partial charge is 0.223 e. The summed E-state index contributed by atoms with van der Waals surface area (Å²) in [7, 11) is 0. The molecule has 0 unspecified atom stereocenters. The molecule has 1 fully saturated rings. The Morgan fingerprint density at radius 2 is 2.25 bits per heavy atom. The Morgan fingerprint density at radius 1 is 1.42 bits per heavy atom. The van der Waals surface area contributed by atoms with E-state index in [2.05, 4.69) is 0 Å². The fourth-order valence-corrected chi connectivity index (χ4v) is 2.16. The van der Waals surface area contributed by atoms with Gasteiger partial charge in [-0.1, -0.05) is 0 Å². The van der Waals surface area contributed by atoms with Crippen LogP contribution in [0.3, 0.4) is 0 Å². The van der Waals surface area contributed by atoms with Gasteiger partial charge in [0, 0.05) is 31.8 Å². The Bertz CT molecular complexity index is 144. The van der Waals surface area contributed by atoms with Gasteiger partial charge in [-0.25, -0.2) is 0 Å². The molecular weight excluding hydrogens is 172 g/mol. The topological polar surface area (TPSA) is 46.3 Å². The lowest BCUT2D eigenvalue weighted by molar-refractivity contribution is -0.130. The summed E-state index contributed by atoms with van der Waals surface area (Å²) in [6.45, 7) is 2.30. The number of carbonyl (C=O) groups excluding carboxylic acids is 1. The zero-order valence-corrected chi connectivity index (χ0v) is 8.11. The molecule has 3 nitrogen and oxygen atoms in total. The minimum absolute atomic E-state index is 0.222. The van der Waals surface area contributed by atoms with E-state index in [1.54, 1.807) is 0 Å². The number of amides is 1. The maximum Gasteiger partial charge on any atom is 0.223 e. The third kappa shape index (κ3) is 3.03. The average molecular weight is 188 g/mol. The normalized spacial score (nSPS) is 18.9. The van der Waals surface area contributed by atoms with E-state index >= 15 is 0 Å². The van der Waals surface area contributed by atoms with Crippen LogP contribution in [0, 0.1) is 0 Å². The average Bonchev–Trinajstić information content (AvgIpc) is 2.32. The van der Waals surface area contributed by atoms with E-state index in [-0.39, 0.29) is 5.91 Å². The molecule has 1 heterocycles. The first-order valence-electron chi connectivity index (χ1n) is 4.40. The van der Waals surface area contributed by atoms with E-state index in [4.69, 9.17) is 5.73 Å². The molecule has 12 heavy (non-hydrogen) atoms. The Morgan fingerprint density at radius 3 is 3.00 bits per heavy atom. The number of hydrogen-bond donors (Lipinski definition) is 1. The predicted molar refractivity (Wildman–Crippen MR) is 52.2 cm³/mol. The van der Waals surface area contributed by atoms with Crippen LogP contribution in [0.4, 0.5) is 0 Å². The standard InChI is InChI=1S/C8H16N2OS/c9-3-2-8(11)10-4-1-6-12-7-5-10/h1-7,9H2. The first-order chi connectivity index (χ1) is 5.84. The molecule has 4 heteroatoms. The number of nitrogens with two attached hydrogens (primary N) is 1. The predicted octanol–water partition coefficient (Wildman–Crippen LogP) is 0.301. The maximum absolute atomic E-state index is 11.4. The minimum atomic E-state index is 0.222. The van der Waals surface area contributed by atoms with Crippen molar-refractivity contribution in [2.24, 2.45) is 5.73 Å². The van der Waals surface area contributed by atoms with Crippen molar-refractivity contribution >= 4 is 17.7 Å². The fourth-order valence-electron chi connectivity index (χ4n) is 1.28. The molecule has 0 aliphatic carbocycles. The lowest BCUT2D eigenvalue weighted by Gasteiger charge is -2.19. The number of rotatable bonds is 2. The van der Waals surface area contributed by atoms with Crippen LogP contribution >= 0.6 is 11.8 Å². The Labute approximate surface area is 77.7 Å². The largest absolute Gasteiger partial charge is 0.342 e. The summed E-state index contributed by atoms with van der Waals surface area (Å²) in [5.74, 6) is 2.49. The summed E-state index contributed by atoms with van der Waals surface area (Å²) in [5.41, 5.74) is 5.32. The van der Waals surface area contributed by atoms with Crippen LogP contribution in [-0.2, 0) is 4.79 Å². The van der Waals surface area contributed by atoms with E-state index in [0.717, 1.165) is 25.3 Å². The van der Waals surface area contributed by atoms with Crippen LogP contribution < -0.4 is 5.73 Å². The van der Waals surface area contributed by atoms with Gasteiger partial charge in [-0.3, -0.25) is 4.79 Å². The number of thioether (sulfide) groups is 1. The van der Waals surface area contributed by atoms with Gasteiger partial charge in [0.1, 0.15) is 0 Å². The Hall–Kier alpha value is -0.220. The molecule has 1 rings (SSSR count). The first kappa shape index (κ1) is 9.86. The quantitative estimate of drug-likeness (QED) is 0.678. The van der Waals surface area contributed by atoms with Crippen molar-refractivity contribution in [3.63, 3.8) is 0 Å². The lowest BCUT2D eigenvalue weighted by Crippen LogP contribution is -2.34. The highest BCUT2D eigenvalue weighted by molar-refractivity contribution is 7.99. The molecule has 70 valence electrons. The van der Waals surface area contributed by atoms with Crippen LogP contribution in [0.2, 0.25) is 0 Å². The Kier molecular flexibility index (Phi) is 4.46. The Balaban J connectivity index is 2.32. The number of hydrogen-bond acceptors (Lipinski definition) is 3. The van der Waals surface area contributed by atoms with Crippen molar-refractivity contribution in [2.75, 3.05) is 31.1 Å². The van der Waals surface area contributed by atoms with Crippen molar-refractivity contribution in [1.82, 2.24) is 4.90 Å². The second-order valence-corrected chi connectivity index (χ2v) is 4.11. The summed E-state index contributed by atoms with van der Waals surface area (Å²) in [6.07, 6.45) is 1.63. The van der Waals surface area contributed by atoms with E-state index in [0.29, 0.717) is 13.0 Å². The summed E-state index contributed by atoms with van der Waals surface area (Å²) < 4.78 is 0. The van der Waals surface area contributed by atoms with Gasteiger partial charge in [0.15, 0.2) is 0 Å². The molecule has 0 bridgehead atoms. The minimum Gasteiger partial charge on any atom is -0.342 e. The SMILES string of the molecule is NCCC(=O)N1CCCSCC1. The highest BCUT2D eigenvalue weighted by Gasteiger charge is 2.13. The molecule has 1 aliphatic heterocycles. The summed E-state index contributed by atoms with van der Waals surface area (Å²) in [5, 5.41) is 0. The zero-order valence-electron chi connectivity index (χ0n) is 7.29. The zero-order chi connectivity index (χ0) is 8.81. The van der Waals surface area contributed by atoms with Crippen LogP contribution in [0.25, 0.3) is 0 Å². The number of carbonyl (C=O) groups is 1. The van der Waals surface area contributed by atoms with Crippen LogP contribution in [0.15, 0.2) is 0 Å². The van der Waals surface area contributed by atoms with Crippen molar-refractivity contribution < 1.29 is 4.79 Å². The molecule has 0 aromatic heterocycles. The van der Waals surface area contributed by atoms with Gasteiger partial charge in [-0.05, 0) is 12.2 Å². The second kappa shape index (κ2) is 5.43. The fraction of sp³-hybridized carbons (Fsp3) is 0.875. The van der Waals surface area contributed by atoms with Crippen LogP contribution in [-0.4, -0.2) is 41.9 Å². The molecule has 0 spiro atoms. The molecule has 1 amide bonds. The maximum atomic E-state index is 11.4.